The minimum atomic E-state index is -0.219. The normalized spacial score (nSPS) is 23.8. The van der Waals surface area contributed by atoms with E-state index in [4.69, 9.17) is 14.2 Å². The quantitative estimate of drug-likeness (QED) is 0.810. The maximum atomic E-state index is 12.6. The Morgan fingerprint density at radius 2 is 2.09 bits per heavy atom. The van der Waals surface area contributed by atoms with Crippen LogP contribution < -0.4 is 4.74 Å². The van der Waals surface area contributed by atoms with E-state index in [0.29, 0.717) is 45.4 Å². The lowest BCUT2D eigenvalue weighted by Crippen LogP contribution is -2.44. The van der Waals surface area contributed by atoms with Crippen molar-refractivity contribution in [1.29, 1.82) is 0 Å². The van der Waals surface area contributed by atoms with Crippen LogP contribution in [0.2, 0.25) is 0 Å². The zero-order chi connectivity index (χ0) is 15.2. The molecule has 0 N–H and O–H groups in total. The molecule has 0 bridgehead atoms. The smallest absolute Gasteiger partial charge is 0.232 e. The predicted octanol–water partition coefficient (Wildman–Crippen LogP) is 0.509. The largest absolute Gasteiger partial charge is 0.469 e. The summed E-state index contributed by atoms with van der Waals surface area (Å²) in [5.74, 6) is 0.696. The van der Waals surface area contributed by atoms with Crippen LogP contribution in [0.5, 0.6) is 5.88 Å². The lowest BCUT2D eigenvalue weighted by molar-refractivity contribution is -0.139. The molecule has 3 rings (SSSR count). The first-order chi connectivity index (χ1) is 10.8. The van der Waals surface area contributed by atoms with Gasteiger partial charge in [-0.3, -0.25) is 9.78 Å². The Balaban J connectivity index is 1.60. The van der Waals surface area contributed by atoms with Gasteiger partial charge in [-0.1, -0.05) is 0 Å². The van der Waals surface area contributed by atoms with E-state index in [9.17, 15) is 4.79 Å². The fourth-order valence-electron chi connectivity index (χ4n) is 2.77. The van der Waals surface area contributed by atoms with Crippen molar-refractivity contribution in [2.24, 2.45) is 5.92 Å². The van der Waals surface area contributed by atoms with Gasteiger partial charge >= 0.3 is 0 Å². The van der Waals surface area contributed by atoms with Crippen LogP contribution in [-0.2, 0) is 14.3 Å². The molecule has 7 nitrogen and oxygen atoms in total. The van der Waals surface area contributed by atoms with Gasteiger partial charge in [0.15, 0.2) is 0 Å². The Labute approximate surface area is 129 Å². The van der Waals surface area contributed by atoms with Crippen LogP contribution in [0.3, 0.4) is 0 Å². The monoisotopic (exact) mass is 307 g/mol. The molecule has 2 aliphatic rings. The number of hydrogen-bond donors (Lipinski definition) is 0. The van der Waals surface area contributed by atoms with E-state index in [1.54, 1.807) is 18.6 Å². The van der Waals surface area contributed by atoms with Crippen LogP contribution in [0.4, 0.5) is 0 Å². The number of ether oxygens (including phenoxy) is 3. The summed E-state index contributed by atoms with van der Waals surface area (Å²) in [5.41, 5.74) is 0. The van der Waals surface area contributed by atoms with Crippen LogP contribution >= 0.6 is 0 Å². The molecule has 0 aliphatic carbocycles. The van der Waals surface area contributed by atoms with E-state index in [1.807, 2.05) is 4.90 Å². The van der Waals surface area contributed by atoms with Crippen molar-refractivity contribution in [1.82, 2.24) is 14.9 Å². The van der Waals surface area contributed by atoms with Crippen LogP contribution in [0, 0.1) is 5.92 Å². The van der Waals surface area contributed by atoms with Gasteiger partial charge in [0.2, 0.25) is 11.8 Å². The van der Waals surface area contributed by atoms with Gasteiger partial charge < -0.3 is 19.1 Å². The Morgan fingerprint density at radius 1 is 1.23 bits per heavy atom. The zero-order valence-electron chi connectivity index (χ0n) is 12.5. The van der Waals surface area contributed by atoms with Gasteiger partial charge in [-0.15, -0.1) is 0 Å². The van der Waals surface area contributed by atoms with Gasteiger partial charge in [-0.05, 0) is 12.8 Å². The fourth-order valence-corrected chi connectivity index (χ4v) is 2.77. The summed E-state index contributed by atoms with van der Waals surface area (Å²) >= 11 is 0. The molecule has 0 radical (unpaired) electrons. The second-order valence-electron chi connectivity index (χ2n) is 5.53. The molecule has 120 valence electrons. The number of carbonyl (C=O) groups is 1. The summed E-state index contributed by atoms with van der Waals surface area (Å²) in [4.78, 5) is 22.6. The minimum absolute atomic E-state index is 0.0593. The molecule has 0 saturated carbocycles. The number of rotatable bonds is 3. The molecule has 2 saturated heterocycles. The first-order valence-corrected chi connectivity index (χ1v) is 7.70. The molecule has 1 atom stereocenters. The van der Waals surface area contributed by atoms with Gasteiger partial charge in [0.05, 0.1) is 26.0 Å². The van der Waals surface area contributed by atoms with Crippen molar-refractivity contribution in [2.45, 2.75) is 18.9 Å². The van der Waals surface area contributed by atoms with E-state index in [-0.39, 0.29) is 17.9 Å². The third kappa shape index (κ3) is 3.92. The van der Waals surface area contributed by atoms with Crippen LogP contribution in [0.25, 0.3) is 0 Å². The van der Waals surface area contributed by atoms with Crippen LogP contribution in [0.15, 0.2) is 18.6 Å². The maximum absolute atomic E-state index is 12.6. The number of aromatic nitrogens is 2. The maximum Gasteiger partial charge on any atom is 0.232 e. The van der Waals surface area contributed by atoms with Gasteiger partial charge in [0.25, 0.3) is 0 Å². The Hall–Kier alpha value is -1.73. The number of carbonyl (C=O) groups excluding carboxylic acids is 1. The van der Waals surface area contributed by atoms with Crippen molar-refractivity contribution < 1.29 is 19.0 Å². The van der Waals surface area contributed by atoms with E-state index in [1.165, 1.54) is 0 Å². The van der Waals surface area contributed by atoms with E-state index >= 15 is 0 Å². The Bertz CT molecular complexity index is 479. The SMILES string of the molecule is O=C(C1CCOCC1)N1CCOCC(Oc2cnccn2)C1. The second kappa shape index (κ2) is 7.51. The summed E-state index contributed by atoms with van der Waals surface area (Å²) in [6.07, 6.45) is 6.12. The molecular formula is C15H21N3O4. The number of hydrogen-bond acceptors (Lipinski definition) is 6. The summed E-state index contributed by atoms with van der Waals surface area (Å²) in [6, 6.07) is 0. The highest BCUT2D eigenvalue weighted by Gasteiger charge is 2.30. The predicted molar refractivity (Wildman–Crippen MR) is 77.4 cm³/mol. The summed E-state index contributed by atoms with van der Waals surface area (Å²) in [6.45, 7) is 3.45. The molecule has 22 heavy (non-hydrogen) atoms. The second-order valence-corrected chi connectivity index (χ2v) is 5.53. The summed E-state index contributed by atoms with van der Waals surface area (Å²) < 4.78 is 16.7. The average Bonchev–Trinajstić information content (AvgIpc) is 2.81. The first-order valence-electron chi connectivity index (χ1n) is 7.70. The molecule has 1 aromatic rings. The molecule has 3 heterocycles. The number of amides is 1. The van der Waals surface area contributed by atoms with Gasteiger partial charge in [-0.2, -0.15) is 0 Å². The topological polar surface area (TPSA) is 73.8 Å². The van der Waals surface area contributed by atoms with Gasteiger partial charge in [-0.25, -0.2) is 4.98 Å². The highest BCUT2D eigenvalue weighted by atomic mass is 16.5. The van der Waals surface area contributed by atoms with E-state index in [2.05, 4.69) is 9.97 Å². The van der Waals surface area contributed by atoms with Crippen molar-refractivity contribution in [3.05, 3.63) is 18.6 Å². The van der Waals surface area contributed by atoms with Crippen molar-refractivity contribution in [3.63, 3.8) is 0 Å². The molecule has 0 spiro atoms. The number of nitrogens with zero attached hydrogens (tertiary/aromatic N) is 3. The highest BCUT2D eigenvalue weighted by molar-refractivity contribution is 5.79. The third-order valence-electron chi connectivity index (χ3n) is 3.94. The van der Waals surface area contributed by atoms with Crippen molar-refractivity contribution >= 4 is 5.91 Å². The molecule has 2 fully saturated rings. The molecule has 0 aromatic carbocycles. The van der Waals surface area contributed by atoms with Crippen molar-refractivity contribution in [3.8, 4) is 5.88 Å². The zero-order valence-corrected chi connectivity index (χ0v) is 12.5. The average molecular weight is 307 g/mol. The van der Waals surface area contributed by atoms with Crippen LogP contribution in [0.1, 0.15) is 12.8 Å². The molecule has 1 amide bonds. The molecule has 1 unspecified atom stereocenters. The van der Waals surface area contributed by atoms with E-state index < -0.39 is 0 Å². The Kier molecular flexibility index (Phi) is 5.18. The molecule has 1 aromatic heterocycles. The fraction of sp³-hybridized carbons (Fsp3) is 0.667. The lowest BCUT2D eigenvalue weighted by Gasteiger charge is -2.29. The summed E-state index contributed by atoms with van der Waals surface area (Å²) in [7, 11) is 0. The first kappa shape index (κ1) is 15.2. The van der Waals surface area contributed by atoms with Gasteiger partial charge in [0.1, 0.15) is 6.10 Å². The van der Waals surface area contributed by atoms with E-state index in [0.717, 1.165) is 12.8 Å². The standard InChI is InChI=1S/C15H21N3O4/c19-15(12-1-6-20-7-2-12)18-5-8-21-11-13(10-18)22-14-9-16-3-4-17-14/h3-4,9,12-13H,1-2,5-8,10-11H2. The molecule has 2 aliphatic heterocycles. The molecule has 7 heteroatoms. The minimum Gasteiger partial charge on any atom is -0.469 e. The summed E-state index contributed by atoms with van der Waals surface area (Å²) in [5, 5.41) is 0. The van der Waals surface area contributed by atoms with Crippen molar-refractivity contribution in [2.75, 3.05) is 39.5 Å². The third-order valence-corrected chi connectivity index (χ3v) is 3.94. The lowest BCUT2D eigenvalue weighted by atomic mass is 9.98. The highest BCUT2D eigenvalue weighted by Crippen LogP contribution is 2.19. The molecular weight excluding hydrogens is 286 g/mol. The Morgan fingerprint density at radius 3 is 2.86 bits per heavy atom. The van der Waals surface area contributed by atoms with Gasteiger partial charge in [0, 0.05) is 38.1 Å². The van der Waals surface area contributed by atoms with Crippen LogP contribution in [-0.4, -0.2) is 66.4 Å².